The molecular weight excluding hydrogens is 171 g/mol. The van der Waals surface area contributed by atoms with Gasteiger partial charge in [-0.2, -0.15) is 0 Å². The van der Waals surface area contributed by atoms with Crippen molar-refractivity contribution in [3.05, 3.63) is 12.7 Å². The second-order valence-corrected chi connectivity index (χ2v) is 2.29. The van der Waals surface area contributed by atoms with Gasteiger partial charge >= 0.3 is 51.4 Å². The van der Waals surface area contributed by atoms with E-state index in [1.165, 1.54) is 0 Å². The molecule has 0 atom stereocenters. The van der Waals surface area contributed by atoms with Crippen LogP contribution in [0.3, 0.4) is 0 Å². The Morgan fingerprint density at radius 3 is 1.89 bits per heavy atom. The second kappa shape index (κ2) is 4.72. The van der Waals surface area contributed by atoms with Crippen LogP contribution in [0.1, 0.15) is 0 Å². The first kappa shape index (κ1) is 12.6. The Morgan fingerprint density at radius 2 is 1.89 bits per heavy atom. The first-order valence-electron chi connectivity index (χ1n) is 1.61. The number of rotatable bonds is 1. The van der Waals surface area contributed by atoms with E-state index in [4.69, 9.17) is 0 Å². The molecule has 0 rings (SSSR count). The Bertz CT molecular complexity index is 204. The predicted molar refractivity (Wildman–Crippen MR) is 24.9 cm³/mol. The number of hydrogen-bond donors (Lipinski definition) is 0. The van der Waals surface area contributed by atoms with Crippen molar-refractivity contribution in [3.63, 3.8) is 0 Å². The Labute approximate surface area is 95.5 Å². The Morgan fingerprint density at radius 1 is 1.56 bits per heavy atom. The number of carbonyl (C=O) groups excluding carboxylic acids is 1. The maximum atomic E-state index is 9.81. The third-order valence-electron chi connectivity index (χ3n) is 0.413. The van der Waals surface area contributed by atoms with Gasteiger partial charge in [0.15, 0.2) is 10.1 Å². The fourth-order valence-corrected chi connectivity index (χ4v) is 0.306. The summed E-state index contributed by atoms with van der Waals surface area (Å²) in [5.74, 6) is 0. The maximum absolute atomic E-state index is 9.81. The zero-order valence-corrected chi connectivity index (χ0v) is 8.77. The van der Waals surface area contributed by atoms with Gasteiger partial charge in [-0.05, 0) is 6.08 Å². The Hall–Kier alpha value is 0.956. The monoisotopic (exact) mass is 174 g/mol. The van der Waals surface area contributed by atoms with Crippen molar-refractivity contribution in [3.8, 4) is 0 Å². The van der Waals surface area contributed by atoms with Gasteiger partial charge in [-0.15, -0.1) is 0 Å². The van der Waals surface area contributed by atoms with Crippen LogP contribution >= 0.6 is 0 Å². The first-order chi connectivity index (χ1) is 3.48. The fourth-order valence-electron chi connectivity index (χ4n) is 0.102. The van der Waals surface area contributed by atoms with Crippen LogP contribution in [0, 0.1) is 0 Å². The summed E-state index contributed by atoms with van der Waals surface area (Å²) in [4.78, 5) is 9.81. The van der Waals surface area contributed by atoms with Gasteiger partial charge in [0.05, 0.1) is 0 Å². The molecule has 0 spiro atoms. The largest absolute Gasteiger partial charge is 1.00 e. The molecule has 0 aliphatic rings. The molecule has 0 fully saturated rings. The smallest absolute Gasteiger partial charge is 0.742 e. The van der Waals surface area contributed by atoms with Crippen LogP contribution in [0.2, 0.25) is 0 Å². The molecule has 0 heterocycles. The zero-order valence-electron chi connectivity index (χ0n) is 4.83. The van der Waals surface area contributed by atoms with E-state index < -0.39 is 15.2 Å². The molecule has 0 aliphatic heterocycles. The van der Waals surface area contributed by atoms with Crippen LogP contribution < -0.4 is 51.4 Å². The summed E-state index contributed by atoms with van der Waals surface area (Å²) >= 11 is 0. The van der Waals surface area contributed by atoms with E-state index in [0.29, 0.717) is 6.08 Å². The van der Waals surface area contributed by atoms with Crippen LogP contribution in [-0.4, -0.2) is 18.1 Å². The number of hydrogen-bond acceptors (Lipinski definition) is 4. The van der Waals surface area contributed by atoms with Crippen molar-refractivity contribution in [1.29, 1.82) is 0 Å². The summed E-state index contributed by atoms with van der Waals surface area (Å²) in [6.45, 7) is 2.80. The molecule has 0 saturated carbocycles. The van der Waals surface area contributed by atoms with E-state index in [-0.39, 0.29) is 51.4 Å². The van der Waals surface area contributed by atoms with Crippen molar-refractivity contribution in [2.75, 3.05) is 0 Å². The van der Waals surface area contributed by atoms with Crippen molar-refractivity contribution < 1.29 is 69.1 Å². The zero-order chi connectivity index (χ0) is 6.78. The molecule has 0 aromatic heterocycles. The third kappa shape index (κ3) is 5.40. The van der Waals surface area contributed by atoms with E-state index in [0.717, 1.165) is 0 Å². The molecule has 0 amide bonds. The van der Waals surface area contributed by atoms with Crippen LogP contribution in [-0.2, 0) is 14.9 Å². The fraction of sp³-hybridized carbons (Fsp3) is 0. The van der Waals surface area contributed by atoms with Gasteiger partial charge in [-0.3, -0.25) is 4.79 Å². The second-order valence-electron chi connectivity index (χ2n) is 0.977. The van der Waals surface area contributed by atoms with Gasteiger partial charge < -0.3 is 4.55 Å². The SMILES string of the molecule is C=CC(=O)S(=O)(=O)[O-].[K+]. The van der Waals surface area contributed by atoms with E-state index in [1.807, 2.05) is 0 Å². The van der Waals surface area contributed by atoms with Gasteiger partial charge in [0.25, 0.3) is 5.12 Å². The standard InChI is InChI=1S/C3H4O4S.K/c1-2-3(4)8(5,6)7;/h2H,1H2,(H,5,6,7);/q;+1/p-1. The normalized spacial score (nSPS) is 9.44. The molecule has 0 unspecified atom stereocenters. The van der Waals surface area contributed by atoms with E-state index in [1.54, 1.807) is 0 Å². The molecule has 0 aromatic carbocycles. The molecule has 4 nitrogen and oxygen atoms in total. The molecule has 9 heavy (non-hydrogen) atoms. The van der Waals surface area contributed by atoms with Gasteiger partial charge in [-0.1, -0.05) is 6.58 Å². The average Bonchev–Trinajstić information content (AvgIpc) is 1.62. The van der Waals surface area contributed by atoms with Gasteiger partial charge in [0, 0.05) is 0 Å². The Kier molecular flexibility index (Phi) is 6.62. The topological polar surface area (TPSA) is 74.3 Å². The quantitative estimate of drug-likeness (QED) is 0.232. The van der Waals surface area contributed by atoms with Gasteiger partial charge in [0.1, 0.15) is 0 Å². The first-order valence-corrected chi connectivity index (χ1v) is 3.01. The predicted octanol–water partition coefficient (Wildman–Crippen LogP) is -3.75. The molecular formula is C3H3KO4S. The van der Waals surface area contributed by atoms with Crippen LogP contribution in [0.5, 0.6) is 0 Å². The van der Waals surface area contributed by atoms with Crippen molar-refractivity contribution in [1.82, 2.24) is 0 Å². The van der Waals surface area contributed by atoms with Crippen LogP contribution in [0.25, 0.3) is 0 Å². The molecule has 0 saturated heterocycles. The molecule has 0 aromatic rings. The van der Waals surface area contributed by atoms with Crippen LogP contribution in [0.15, 0.2) is 12.7 Å². The summed E-state index contributed by atoms with van der Waals surface area (Å²) in [6.07, 6.45) is 0.461. The summed E-state index contributed by atoms with van der Waals surface area (Å²) in [5.41, 5.74) is 0. The minimum atomic E-state index is -4.76. The van der Waals surface area contributed by atoms with Crippen molar-refractivity contribution in [2.24, 2.45) is 0 Å². The molecule has 0 bridgehead atoms. The average molecular weight is 174 g/mol. The molecule has 0 N–H and O–H groups in total. The van der Waals surface area contributed by atoms with E-state index in [9.17, 15) is 17.8 Å². The van der Waals surface area contributed by atoms with Gasteiger partial charge in [0.2, 0.25) is 0 Å². The minimum absolute atomic E-state index is 0. The summed E-state index contributed by atoms with van der Waals surface area (Å²) in [6, 6.07) is 0. The van der Waals surface area contributed by atoms with E-state index in [2.05, 4.69) is 6.58 Å². The molecule has 6 heteroatoms. The van der Waals surface area contributed by atoms with Crippen molar-refractivity contribution >= 4 is 15.2 Å². The Balaban J connectivity index is 0. The van der Waals surface area contributed by atoms with Crippen molar-refractivity contribution in [2.45, 2.75) is 0 Å². The van der Waals surface area contributed by atoms with E-state index >= 15 is 0 Å². The minimum Gasteiger partial charge on any atom is -0.742 e. The molecule has 46 valence electrons. The van der Waals surface area contributed by atoms with Crippen LogP contribution in [0.4, 0.5) is 0 Å². The van der Waals surface area contributed by atoms with Gasteiger partial charge in [-0.25, -0.2) is 8.42 Å². The third-order valence-corrected chi connectivity index (χ3v) is 1.07. The summed E-state index contributed by atoms with van der Waals surface area (Å²) in [5, 5.41) is -1.49. The molecule has 0 aliphatic carbocycles. The summed E-state index contributed by atoms with van der Waals surface area (Å²) < 4.78 is 28.8. The maximum Gasteiger partial charge on any atom is 1.00 e. The number of carbonyl (C=O) groups is 1. The summed E-state index contributed by atoms with van der Waals surface area (Å²) in [7, 11) is -4.76. The molecule has 0 radical (unpaired) electrons.